The Balaban J connectivity index is 1.99. The van der Waals surface area contributed by atoms with Crippen LogP contribution in [0.1, 0.15) is 10.4 Å². The lowest BCUT2D eigenvalue weighted by Gasteiger charge is -2.35. The molecule has 0 atom stereocenters. The van der Waals surface area contributed by atoms with E-state index < -0.39 is 0 Å². The molecule has 0 aromatic heterocycles. The fourth-order valence-corrected chi connectivity index (χ4v) is 1.89. The largest absolute Gasteiger partial charge is 0.390 e. The summed E-state index contributed by atoms with van der Waals surface area (Å²) < 4.78 is 0. The summed E-state index contributed by atoms with van der Waals surface area (Å²) in [5.41, 5.74) is 0.556. The summed E-state index contributed by atoms with van der Waals surface area (Å²) in [4.78, 5) is 13.7. The lowest BCUT2D eigenvalue weighted by Crippen LogP contribution is -2.52. The summed E-state index contributed by atoms with van der Waals surface area (Å²) in [6, 6.07) is 7.02. The van der Waals surface area contributed by atoms with Gasteiger partial charge in [0.05, 0.1) is 17.7 Å². The molecule has 15 heavy (non-hydrogen) atoms. The Kier molecular flexibility index (Phi) is 3.05. The van der Waals surface area contributed by atoms with Gasteiger partial charge in [-0.15, -0.1) is 0 Å². The number of β-amino-alcohol motifs (C(OH)–C–C–N with tert-alkyl or cyclic N) is 1. The predicted molar refractivity (Wildman–Crippen MR) is 58.2 cm³/mol. The molecule has 1 aromatic carbocycles. The van der Waals surface area contributed by atoms with E-state index in [0.717, 1.165) is 0 Å². The molecule has 0 radical (unpaired) electrons. The first-order valence-electron chi connectivity index (χ1n) is 4.85. The van der Waals surface area contributed by atoms with Gasteiger partial charge in [-0.05, 0) is 12.1 Å². The summed E-state index contributed by atoms with van der Waals surface area (Å²) in [5, 5.41) is 9.57. The van der Waals surface area contributed by atoms with Gasteiger partial charge in [-0.3, -0.25) is 9.69 Å². The highest BCUT2D eigenvalue weighted by Gasteiger charge is 2.26. The molecule has 0 aliphatic carbocycles. The van der Waals surface area contributed by atoms with E-state index in [1.807, 2.05) is 4.90 Å². The average molecular weight is 226 g/mol. The van der Waals surface area contributed by atoms with Crippen LogP contribution in [0, 0.1) is 0 Å². The highest BCUT2D eigenvalue weighted by molar-refractivity contribution is 6.34. The fourth-order valence-electron chi connectivity index (χ4n) is 1.65. The highest BCUT2D eigenvalue weighted by Crippen LogP contribution is 2.17. The topological polar surface area (TPSA) is 40.5 Å². The van der Waals surface area contributed by atoms with Crippen LogP contribution in [0.5, 0.6) is 0 Å². The minimum atomic E-state index is -0.274. The second kappa shape index (κ2) is 4.31. The number of carbonyl (C=O) groups is 1. The maximum Gasteiger partial charge on any atom is 0.178 e. The van der Waals surface area contributed by atoms with Crippen molar-refractivity contribution in [3.8, 4) is 0 Å². The third-order valence-electron chi connectivity index (χ3n) is 2.48. The molecule has 0 spiro atoms. The van der Waals surface area contributed by atoms with Gasteiger partial charge in [0.1, 0.15) is 0 Å². The number of benzene rings is 1. The summed E-state index contributed by atoms with van der Waals surface area (Å²) >= 11 is 5.90. The van der Waals surface area contributed by atoms with Crippen molar-refractivity contribution in [1.29, 1.82) is 0 Å². The van der Waals surface area contributed by atoms with E-state index in [1.54, 1.807) is 24.3 Å². The van der Waals surface area contributed by atoms with Gasteiger partial charge in [-0.2, -0.15) is 0 Å². The number of rotatable bonds is 3. The van der Waals surface area contributed by atoms with Crippen LogP contribution in [0.25, 0.3) is 0 Å². The molecule has 0 unspecified atom stereocenters. The molecule has 1 saturated heterocycles. The number of nitrogens with zero attached hydrogens (tertiary/aromatic N) is 1. The quantitative estimate of drug-likeness (QED) is 0.786. The molecule has 0 amide bonds. The molecule has 1 aromatic rings. The number of aliphatic hydroxyl groups is 1. The summed E-state index contributed by atoms with van der Waals surface area (Å²) in [6.45, 7) is 1.49. The first kappa shape index (κ1) is 10.6. The lowest BCUT2D eigenvalue weighted by atomic mass is 10.1. The number of carbonyl (C=O) groups excluding carboxylic acids is 1. The second-order valence-corrected chi connectivity index (χ2v) is 4.16. The van der Waals surface area contributed by atoms with Gasteiger partial charge in [-0.25, -0.2) is 0 Å². The van der Waals surface area contributed by atoms with E-state index in [-0.39, 0.29) is 11.9 Å². The van der Waals surface area contributed by atoms with Crippen LogP contribution in [0.2, 0.25) is 5.02 Å². The van der Waals surface area contributed by atoms with Crippen molar-refractivity contribution in [3.05, 3.63) is 34.9 Å². The summed E-state index contributed by atoms with van der Waals surface area (Å²) in [5.74, 6) is 0.00694. The molecule has 0 saturated carbocycles. The summed E-state index contributed by atoms with van der Waals surface area (Å²) in [6.07, 6.45) is -0.274. The Morgan fingerprint density at radius 1 is 1.47 bits per heavy atom. The van der Waals surface area contributed by atoms with Crippen LogP contribution in [0.15, 0.2) is 24.3 Å². The molecule has 1 N–H and O–H groups in total. The normalized spacial score (nSPS) is 17.5. The minimum Gasteiger partial charge on any atom is -0.390 e. The number of aliphatic hydroxyl groups excluding tert-OH is 1. The number of Topliss-reactive ketones (excluding diaryl/α,β-unsaturated/α-hetero) is 1. The van der Waals surface area contributed by atoms with Gasteiger partial charge < -0.3 is 5.11 Å². The number of likely N-dealkylation sites (tertiary alicyclic amines) is 1. The Hall–Kier alpha value is -0.900. The van der Waals surface area contributed by atoms with E-state index in [4.69, 9.17) is 16.7 Å². The first-order chi connectivity index (χ1) is 7.16. The van der Waals surface area contributed by atoms with E-state index in [9.17, 15) is 4.79 Å². The summed E-state index contributed by atoms with van der Waals surface area (Å²) in [7, 11) is 0. The molecule has 1 aliphatic heterocycles. The highest BCUT2D eigenvalue weighted by atomic mass is 35.5. The average Bonchev–Trinajstić information content (AvgIpc) is 2.16. The van der Waals surface area contributed by atoms with Crippen molar-refractivity contribution < 1.29 is 9.90 Å². The van der Waals surface area contributed by atoms with E-state index >= 15 is 0 Å². The van der Waals surface area contributed by atoms with Gasteiger partial charge in [0.15, 0.2) is 5.78 Å². The molecule has 0 bridgehead atoms. The van der Waals surface area contributed by atoms with Crippen molar-refractivity contribution >= 4 is 17.4 Å². The van der Waals surface area contributed by atoms with Gasteiger partial charge in [0.2, 0.25) is 0 Å². The Morgan fingerprint density at radius 2 is 2.13 bits per heavy atom. The van der Waals surface area contributed by atoms with Crippen molar-refractivity contribution in [2.75, 3.05) is 19.6 Å². The zero-order chi connectivity index (χ0) is 10.8. The fraction of sp³-hybridized carbons (Fsp3) is 0.364. The minimum absolute atomic E-state index is 0.00694. The zero-order valence-corrected chi connectivity index (χ0v) is 8.94. The molecule has 4 heteroatoms. The standard InChI is InChI=1S/C11H12ClNO2/c12-10-4-2-1-3-9(10)11(15)7-13-5-8(14)6-13/h1-4,8,14H,5-7H2. The van der Waals surface area contributed by atoms with Crippen LogP contribution in [0.3, 0.4) is 0 Å². The molecule has 1 heterocycles. The Bertz CT molecular complexity index is 375. The van der Waals surface area contributed by atoms with Crippen molar-refractivity contribution in [1.82, 2.24) is 4.90 Å². The SMILES string of the molecule is O=C(CN1CC(O)C1)c1ccccc1Cl. The van der Waals surface area contributed by atoms with Crippen molar-refractivity contribution in [2.45, 2.75) is 6.10 Å². The predicted octanol–water partition coefficient (Wildman–Crippen LogP) is 1.20. The molecular formula is C11H12ClNO2. The third kappa shape index (κ3) is 2.37. The molecule has 80 valence electrons. The number of hydrogen-bond donors (Lipinski definition) is 1. The van der Waals surface area contributed by atoms with Crippen molar-refractivity contribution in [2.24, 2.45) is 0 Å². The molecule has 2 rings (SSSR count). The van der Waals surface area contributed by atoms with E-state index in [1.165, 1.54) is 0 Å². The Morgan fingerprint density at radius 3 is 2.73 bits per heavy atom. The van der Waals surface area contributed by atoms with Crippen LogP contribution in [0.4, 0.5) is 0 Å². The van der Waals surface area contributed by atoms with Crippen LogP contribution in [-0.4, -0.2) is 41.5 Å². The molecule has 1 aliphatic rings. The van der Waals surface area contributed by atoms with Crippen LogP contribution < -0.4 is 0 Å². The van der Waals surface area contributed by atoms with E-state index in [2.05, 4.69) is 0 Å². The molecule has 3 nitrogen and oxygen atoms in total. The number of hydrogen-bond acceptors (Lipinski definition) is 3. The van der Waals surface area contributed by atoms with E-state index in [0.29, 0.717) is 30.2 Å². The molecule has 1 fully saturated rings. The third-order valence-corrected chi connectivity index (χ3v) is 2.81. The monoisotopic (exact) mass is 225 g/mol. The Labute approximate surface area is 93.3 Å². The van der Waals surface area contributed by atoms with Crippen LogP contribution >= 0.6 is 11.6 Å². The number of ketones is 1. The lowest BCUT2D eigenvalue weighted by molar-refractivity contribution is 0.00515. The van der Waals surface area contributed by atoms with Gasteiger partial charge >= 0.3 is 0 Å². The molecular weight excluding hydrogens is 214 g/mol. The van der Waals surface area contributed by atoms with Crippen molar-refractivity contribution in [3.63, 3.8) is 0 Å². The number of halogens is 1. The maximum absolute atomic E-state index is 11.8. The maximum atomic E-state index is 11.8. The van der Waals surface area contributed by atoms with Gasteiger partial charge in [0.25, 0.3) is 0 Å². The zero-order valence-electron chi connectivity index (χ0n) is 8.19. The van der Waals surface area contributed by atoms with Gasteiger partial charge in [-0.1, -0.05) is 23.7 Å². The second-order valence-electron chi connectivity index (χ2n) is 3.75. The smallest absolute Gasteiger partial charge is 0.178 e. The first-order valence-corrected chi connectivity index (χ1v) is 5.23. The van der Waals surface area contributed by atoms with Crippen LogP contribution in [-0.2, 0) is 0 Å². The van der Waals surface area contributed by atoms with Gasteiger partial charge in [0, 0.05) is 18.7 Å².